The van der Waals surface area contributed by atoms with Crippen LogP contribution in [0.1, 0.15) is 32.6 Å². The quantitative estimate of drug-likeness (QED) is 0.181. The molecule has 0 spiro atoms. The molecule has 0 unspecified atom stereocenters. The fourth-order valence-corrected chi connectivity index (χ4v) is 3.56. The molecule has 0 aliphatic heterocycles. The minimum Gasteiger partial charge on any atom is -0.422 e. The summed E-state index contributed by atoms with van der Waals surface area (Å²) >= 11 is 0. The van der Waals surface area contributed by atoms with Gasteiger partial charge >= 0.3 is 5.97 Å². The number of nitrogens with zero attached hydrogens (tertiary/aromatic N) is 1. The van der Waals surface area contributed by atoms with Crippen LogP contribution < -0.4 is 10.2 Å². The van der Waals surface area contributed by atoms with Gasteiger partial charge in [0.05, 0.1) is 11.8 Å². The molecule has 35 heavy (non-hydrogen) atoms. The van der Waals surface area contributed by atoms with E-state index in [1.54, 1.807) is 97.1 Å². The van der Waals surface area contributed by atoms with Gasteiger partial charge in [0, 0.05) is 5.56 Å². The molecule has 4 aromatic rings. The number of benzene rings is 4. The molecule has 6 heteroatoms. The maximum absolute atomic E-state index is 13.2. The number of carbonyl (C=O) groups excluding carboxylic acids is 2. The largest absolute Gasteiger partial charge is 0.422 e. The number of aryl methyl sites for hydroxylation is 1. The molecule has 2 N–H and O–H groups in total. The molecule has 6 nitrogen and oxygen atoms in total. The van der Waals surface area contributed by atoms with Gasteiger partial charge in [0.15, 0.2) is 5.60 Å². The number of hydrazone groups is 1. The molecule has 1 amide bonds. The molecular weight excluding hydrogens is 440 g/mol. The van der Waals surface area contributed by atoms with E-state index in [2.05, 4.69) is 10.5 Å². The highest BCUT2D eigenvalue weighted by atomic mass is 16.5. The first kappa shape index (κ1) is 23.6. The third kappa shape index (κ3) is 5.34. The van der Waals surface area contributed by atoms with E-state index in [4.69, 9.17) is 4.74 Å². The normalized spacial score (nSPS) is 11.3. The molecule has 0 aliphatic carbocycles. The van der Waals surface area contributed by atoms with Crippen molar-refractivity contribution >= 4 is 18.1 Å². The molecule has 4 rings (SSSR count). The summed E-state index contributed by atoms with van der Waals surface area (Å²) in [7, 11) is 0. The predicted octanol–water partition coefficient (Wildman–Crippen LogP) is 4.60. The van der Waals surface area contributed by atoms with Crippen LogP contribution >= 0.6 is 0 Å². The Labute approximate surface area is 203 Å². The Bertz CT molecular complexity index is 1290. The van der Waals surface area contributed by atoms with Crippen molar-refractivity contribution in [3.8, 4) is 5.75 Å². The second-order valence-corrected chi connectivity index (χ2v) is 7.93. The van der Waals surface area contributed by atoms with Crippen LogP contribution in [0, 0.1) is 6.92 Å². The Morgan fingerprint density at radius 3 is 1.94 bits per heavy atom. The van der Waals surface area contributed by atoms with Crippen molar-refractivity contribution in [1.82, 2.24) is 5.43 Å². The Morgan fingerprint density at radius 1 is 0.800 bits per heavy atom. The molecule has 0 heterocycles. The Hall–Kier alpha value is -4.55. The SMILES string of the molecule is Cc1ccc(C(=O)Oc2ccccc2/C=N\NC(=O)C(O)(c2ccccc2)c2ccccc2)cc1. The van der Waals surface area contributed by atoms with E-state index in [9.17, 15) is 14.7 Å². The number of esters is 1. The molecule has 0 aromatic heterocycles. The smallest absolute Gasteiger partial charge is 0.343 e. The van der Waals surface area contributed by atoms with Crippen LogP contribution in [0.25, 0.3) is 0 Å². The fourth-order valence-electron chi connectivity index (χ4n) is 3.56. The predicted molar refractivity (Wildman–Crippen MR) is 134 cm³/mol. The molecule has 174 valence electrons. The topological polar surface area (TPSA) is 88.0 Å². The summed E-state index contributed by atoms with van der Waals surface area (Å²) < 4.78 is 5.54. The van der Waals surface area contributed by atoms with E-state index in [0.717, 1.165) is 5.56 Å². The Balaban J connectivity index is 1.54. The van der Waals surface area contributed by atoms with Crippen LogP contribution in [-0.4, -0.2) is 23.2 Å². The average Bonchev–Trinajstić information content (AvgIpc) is 2.90. The van der Waals surface area contributed by atoms with Crippen molar-refractivity contribution in [1.29, 1.82) is 0 Å². The zero-order valence-electron chi connectivity index (χ0n) is 19.1. The lowest BCUT2D eigenvalue weighted by atomic mass is 9.85. The maximum Gasteiger partial charge on any atom is 0.343 e. The number of hydrogen-bond donors (Lipinski definition) is 2. The van der Waals surface area contributed by atoms with Gasteiger partial charge in [-0.1, -0.05) is 90.5 Å². The minimum absolute atomic E-state index is 0.289. The molecular formula is C29H24N2O4. The van der Waals surface area contributed by atoms with Crippen molar-refractivity contribution in [3.63, 3.8) is 0 Å². The van der Waals surface area contributed by atoms with Gasteiger partial charge in [-0.05, 0) is 42.3 Å². The van der Waals surface area contributed by atoms with E-state index < -0.39 is 17.5 Å². The summed E-state index contributed by atoms with van der Waals surface area (Å²) in [6, 6.07) is 31.2. The van der Waals surface area contributed by atoms with Crippen LogP contribution in [-0.2, 0) is 10.4 Å². The van der Waals surface area contributed by atoms with Crippen molar-refractivity contribution in [2.24, 2.45) is 5.10 Å². The highest BCUT2D eigenvalue weighted by Gasteiger charge is 2.39. The van der Waals surface area contributed by atoms with E-state index in [1.165, 1.54) is 6.21 Å². The van der Waals surface area contributed by atoms with Crippen molar-refractivity contribution in [2.45, 2.75) is 12.5 Å². The van der Waals surface area contributed by atoms with Crippen LogP contribution in [0.2, 0.25) is 0 Å². The summed E-state index contributed by atoms with van der Waals surface area (Å²) in [5.74, 6) is -0.935. The molecule has 0 radical (unpaired) electrons. The van der Waals surface area contributed by atoms with Crippen LogP contribution in [0.4, 0.5) is 0 Å². The van der Waals surface area contributed by atoms with Crippen LogP contribution in [0.3, 0.4) is 0 Å². The van der Waals surface area contributed by atoms with E-state index in [-0.39, 0.29) is 5.75 Å². The van der Waals surface area contributed by atoms with E-state index in [0.29, 0.717) is 22.3 Å². The molecule has 0 saturated heterocycles. The summed E-state index contributed by atoms with van der Waals surface area (Å²) in [5, 5.41) is 15.5. The number of para-hydroxylation sites is 1. The van der Waals surface area contributed by atoms with Gasteiger partial charge in [-0.3, -0.25) is 4.79 Å². The van der Waals surface area contributed by atoms with Gasteiger partial charge in [-0.2, -0.15) is 5.10 Å². The third-order valence-electron chi connectivity index (χ3n) is 5.49. The average molecular weight is 465 g/mol. The lowest BCUT2D eigenvalue weighted by Crippen LogP contribution is -2.43. The van der Waals surface area contributed by atoms with Gasteiger partial charge < -0.3 is 9.84 Å². The number of ether oxygens (including phenoxy) is 1. The van der Waals surface area contributed by atoms with Gasteiger partial charge in [-0.15, -0.1) is 0 Å². The Kier molecular flexibility index (Phi) is 7.14. The highest BCUT2D eigenvalue weighted by molar-refractivity contribution is 5.94. The standard InChI is InChI=1S/C29H24N2O4/c1-21-16-18-22(19-17-21)27(32)35-26-15-9-8-10-23(26)20-30-31-28(33)29(34,24-11-4-2-5-12-24)25-13-6-3-7-14-25/h2-20,34H,1H3,(H,31,33)/b30-20-. The number of amides is 1. The van der Waals surface area contributed by atoms with Gasteiger partial charge in [0.25, 0.3) is 5.91 Å². The number of nitrogens with one attached hydrogen (secondary N) is 1. The van der Waals surface area contributed by atoms with Crippen molar-refractivity contribution in [2.75, 3.05) is 0 Å². The second-order valence-electron chi connectivity index (χ2n) is 7.93. The zero-order chi connectivity index (χ0) is 24.7. The summed E-state index contributed by atoms with van der Waals surface area (Å²) in [6.45, 7) is 1.94. The second kappa shape index (κ2) is 10.6. The van der Waals surface area contributed by atoms with Crippen LogP contribution in [0.5, 0.6) is 5.75 Å². The van der Waals surface area contributed by atoms with Gasteiger partial charge in [0.2, 0.25) is 0 Å². The summed E-state index contributed by atoms with van der Waals surface area (Å²) in [6.07, 6.45) is 1.37. The molecule has 4 aromatic carbocycles. The first-order valence-electron chi connectivity index (χ1n) is 11.0. The van der Waals surface area contributed by atoms with Crippen molar-refractivity contribution < 1.29 is 19.4 Å². The monoisotopic (exact) mass is 464 g/mol. The first-order valence-corrected chi connectivity index (χ1v) is 11.0. The molecule has 0 bridgehead atoms. The summed E-state index contributed by atoms with van der Waals surface area (Å²) in [4.78, 5) is 25.7. The number of aliphatic hydroxyl groups is 1. The molecule has 0 saturated carbocycles. The third-order valence-corrected chi connectivity index (χ3v) is 5.49. The first-order chi connectivity index (χ1) is 17.0. The van der Waals surface area contributed by atoms with Crippen molar-refractivity contribution in [3.05, 3.63) is 137 Å². The zero-order valence-corrected chi connectivity index (χ0v) is 19.1. The van der Waals surface area contributed by atoms with Crippen LogP contribution in [0.15, 0.2) is 114 Å². The lowest BCUT2D eigenvalue weighted by molar-refractivity contribution is -0.136. The lowest BCUT2D eigenvalue weighted by Gasteiger charge is -2.27. The van der Waals surface area contributed by atoms with E-state index in [1.807, 2.05) is 19.1 Å². The maximum atomic E-state index is 13.2. The van der Waals surface area contributed by atoms with Gasteiger partial charge in [-0.25, -0.2) is 10.2 Å². The molecule has 0 fully saturated rings. The molecule has 0 atom stereocenters. The summed E-state index contributed by atoms with van der Waals surface area (Å²) in [5.41, 5.74) is 3.24. The highest BCUT2D eigenvalue weighted by Crippen LogP contribution is 2.30. The Morgan fingerprint density at radius 2 is 1.34 bits per heavy atom. The number of hydrogen-bond acceptors (Lipinski definition) is 5. The van der Waals surface area contributed by atoms with Gasteiger partial charge in [0.1, 0.15) is 5.75 Å². The fraction of sp³-hybridized carbons (Fsp3) is 0.0690. The number of carbonyl (C=O) groups is 2. The minimum atomic E-state index is -1.95. The number of rotatable bonds is 7. The molecule has 0 aliphatic rings. The van der Waals surface area contributed by atoms with E-state index >= 15 is 0 Å².